The Balaban J connectivity index is 1.53. The number of aromatic nitrogens is 1. The lowest BCUT2D eigenvalue weighted by Crippen LogP contribution is -2.37. The Morgan fingerprint density at radius 2 is 1.88 bits per heavy atom. The van der Waals surface area contributed by atoms with Crippen molar-refractivity contribution in [3.05, 3.63) is 36.4 Å². The van der Waals surface area contributed by atoms with Gasteiger partial charge in [-0.3, -0.25) is 9.69 Å². The summed E-state index contributed by atoms with van der Waals surface area (Å²) in [6.07, 6.45) is 2.39. The quantitative estimate of drug-likeness (QED) is 0.371. The van der Waals surface area contributed by atoms with Gasteiger partial charge in [0.25, 0.3) is 0 Å². The maximum Gasteiger partial charge on any atom is 0.229 e. The number of hydrogen-bond acceptors (Lipinski definition) is 8. The Morgan fingerprint density at radius 1 is 1.12 bits per heavy atom. The molecule has 0 spiro atoms. The van der Waals surface area contributed by atoms with Gasteiger partial charge >= 0.3 is 0 Å². The molecule has 176 valence electrons. The van der Waals surface area contributed by atoms with Crippen LogP contribution in [0.1, 0.15) is 19.3 Å². The summed E-state index contributed by atoms with van der Waals surface area (Å²) in [5, 5.41) is 0.641. The molecule has 1 unspecified atom stereocenters. The van der Waals surface area contributed by atoms with Crippen LogP contribution in [0.25, 0.3) is 10.2 Å². The summed E-state index contributed by atoms with van der Waals surface area (Å²) in [4.78, 5) is 21.0. The van der Waals surface area contributed by atoms with Gasteiger partial charge in [-0.15, -0.1) is 11.8 Å². The molecule has 33 heavy (non-hydrogen) atoms. The lowest BCUT2D eigenvalue weighted by molar-refractivity contribution is -0.118. The smallest absolute Gasteiger partial charge is 0.229 e. The van der Waals surface area contributed by atoms with Crippen molar-refractivity contribution < 1.29 is 23.7 Å². The van der Waals surface area contributed by atoms with Crippen molar-refractivity contribution in [3.8, 4) is 17.2 Å². The zero-order chi connectivity index (χ0) is 23.2. The van der Waals surface area contributed by atoms with Crippen LogP contribution >= 0.6 is 23.1 Å². The number of hydrogen-bond donors (Lipinski definition) is 0. The molecule has 4 rings (SSSR count). The van der Waals surface area contributed by atoms with E-state index in [1.807, 2.05) is 36.4 Å². The summed E-state index contributed by atoms with van der Waals surface area (Å²) >= 11 is 3.09. The molecule has 1 amide bonds. The Bertz CT molecular complexity index is 1040. The number of amides is 1. The predicted octanol–water partition coefficient (Wildman–Crippen LogP) is 5.02. The molecule has 1 atom stereocenters. The first-order valence-electron chi connectivity index (χ1n) is 10.8. The highest BCUT2D eigenvalue weighted by Gasteiger charge is 2.27. The summed E-state index contributed by atoms with van der Waals surface area (Å²) in [5.41, 5.74) is 0.703. The third kappa shape index (κ3) is 5.54. The summed E-state index contributed by atoms with van der Waals surface area (Å²) in [7, 11) is 4.90. The number of anilines is 1. The predicted molar refractivity (Wildman–Crippen MR) is 132 cm³/mol. The van der Waals surface area contributed by atoms with Gasteiger partial charge in [0.2, 0.25) is 5.91 Å². The maximum absolute atomic E-state index is 13.3. The Morgan fingerprint density at radius 3 is 2.55 bits per heavy atom. The monoisotopic (exact) mass is 488 g/mol. The SMILES string of the molecule is COc1ccc(SCCC(=O)N(CC2CCCO2)c2nc3c(OC)ccc(OC)c3s2)cc1. The molecule has 1 fully saturated rings. The summed E-state index contributed by atoms with van der Waals surface area (Å²) in [5.74, 6) is 2.90. The number of nitrogens with zero attached hydrogens (tertiary/aromatic N) is 2. The Labute approximate surface area is 202 Å². The highest BCUT2D eigenvalue weighted by molar-refractivity contribution is 7.99. The number of carbonyl (C=O) groups excluding carboxylic acids is 1. The average molecular weight is 489 g/mol. The van der Waals surface area contributed by atoms with E-state index in [0.29, 0.717) is 40.9 Å². The second-order valence-corrected chi connectivity index (χ2v) is 9.70. The number of methoxy groups -OCH3 is 3. The largest absolute Gasteiger partial charge is 0.497 e. The average Bonchev–Trinajstić information content (AvgIpc) is 3.52. The van der Waals surface area contributed by atoms with Crippen LogP contribution in [-0.2, 0) is 9.53 Å². The molecule has 0 bridgehead atoms. The van der Waals surface area contributed by atoms with Crippen LogP contribution in [0.3, 0.4) is 0 Å². The first kappa shape index (κ1) is 23.7. The molecule has 1 saturated heterocycles. The van der Waals surface area contributed by atoms with E-state index in [1.165, 1.54) is 11.3 Å². The molecule has 0 N–H and O–H groups in total. The van der Waals surface area contributed by atoms with Gasteiger partial charge in [0, 0.05) is 23.7 Å². The number of thioether (sulfide) groups is 1. The number of benzene rings is 2. The lowest BCUT2D eigenvalue weighted by Gasteiger charge is -2.23. The van der Waals surface area contributed by atoms with Gasteiger partial charge in [0.15, 0.2) is 5.13 Å². The second-order valence-electron chi connectivity index (χ2n) is 7.56. The van der Waals surface area contributed by atoms with Gasteiger partial charge in [0.1, 0.15) is 27.5 Å². The van der Waals surface area contributed by atoms with Gasteiger partial charge in [-0.2, -0.15) is 0 Å². The summed E-state index contributed by atoms with van der Waals surface area (Å²) in [6.45, 7) is 1.23. The van der Waals surface area contributed by atoms with Crippen LogP contribution in [0, 0.1) is 0 Å². The normalized spacial score (nSPS) is 15.5. The highest BCUT2D eigenvalue weighted by atomic mass is 32.2. The molecule has 1 aliphatic heterocycles. The molecular weight excluding hydrogens is 460 g/mol. The molecule has 3 aromatic rings. The number of rotatable bonds is 10. The van der Waals surface area contributed by atoms with E-state index in [-0.39, 0.29) is 12.0 Å². The van der Waals surface area contributed by atoms with E-state index in [0.717, 1.165) is 34.8 Å². The van der Waals surface area contributed by atoms with E-state index in [2.05, 4.69) is 0 Å². The first-order chi connectivity index (χ1) is 16.1. The number of fused-ring (bicyclic) bond motifs is 1. The first-order valence-corrected chi connectivity index (χ1v) is 12.6. The van der Waals surface area contributed by atoms with Gasteiger partial charge in [-0.1, -0.05) is 11.3 Å². The fourth-order valence-electron chi connectivity index (χ4n) is 3.73. The molecule has 1 aliphatic rings. The summed E-state index contributed by atoms with van der Waals surface area (Å²) < 4.78 is 22.9. The molecule has 2 heterocycles. The molecular formula is C24H28N2O5S2. The second kappa shape index (κ2) is 11.1. The van der Waals surface area contributed by atoms with Gasteiger partial charge in [-0.25, -0.2) is 4.98 Å². The van der Waals surface area contributed by atoms with Crippen LogP contribution in [0.2, 0.25) is 0 Å². The molecule has 9 heteroatoms. The van der Waals surface area contributed by atoms with E-state index in [4.69, 9.17) is 23.9 Å². The van der Waals surface area contributed by atoms with Gasteiger partial charge < -0.3 is 18.9 Å². The zero-order valence-electron chi connectivity index (χ0n) is 19.0. The van der Waals surface area contributed by atoms with E-state index >= 15 is 0 Å². The molecule has 2 aromatic carbocycles. The molecule has 0 aliphatic carbocycles. The standard InChI is InChI=1S/C24H28N2O5S2/c1-28-16-6-8-18(9-7-16)32-14-12-21(27)26(15-17-5-4-13-31-17)24-25-22-19(29-2)10-11-20(30-3)23(22)33-24/h6-11,17H,4-5,12-15H2,1-3H3. The fraction of sp³-hybridized carbons (Fsp3) is 0.417. The van der Waals surface area contributed by atoms with Crippen molar-refractivity contribution in [2.75, 3.05) is 45.1 Å². The maximum atomic E-state index is 13.3. The van der Waals surface area contributed by atoms with E-state index < -0.39 is 0 Å². The number of ether oxygens (including phenoxy) is 4. The van der Waals surface area contributed by atoms with Crippen LogP contribution in [-0.4, -0.2) is 57.2 Å². The van der Waals surface area contributed by atoms with Crippen molar-refractivity contribution in [3.63, 3.8) is 0 Å². The third-order valence-electron chi connectivity index (χ3n) is 5.49. The highest BCUT2D eigenvalue weighted by Crippen LogP contribution is 2.40. The molecule has 0 radical (unpaired) electrons. The zero-order valence-corrected chi connectivity index (χ0v) is 20.7. The van der Waals surface area contributed by atoms with Crippen LogP contribution < -0.4 is 19.1 Å². The van der Waals surface area contributed by atoms with Crippen molar-refractivity contribution in [2.45, 2.75) is 30.3 Å². The Hall–Kier alpha value is -2.49. The van der Waals surface area contributed by atoms with Crippen LogP contribution in [0.15, 0.2) is 41.3 Å². The molecule has 0 saturated carbocycles. The van der Waals surface area contributed by atoms with Gasteiger partial charge in [0.05, 0.1) is 34.0 Å². The van der Waals surface area contributed by atoms with Crippen LogP contribution in [0.4, 0.5) is 5.13 Å². The van der Waals surface area contributed by atoms with Crippen molar-refractivity contribution in [2.24, 2.45) is 0 Å². The van der Waals surface area contributed by atoms with E-state index in [1.54, 1.807) is 38.0 Å². The number of carbonyl (C=O) groups is 1. The number of thiazole rings is 1. The Kier molecular flexibility index (Phi) is 7.95. The fourth-order valence-corrected chi connectivity index (χ4v) is 5.67. The third-order valence-corrected chi connectivity index (χ3v) is 7.59. The topological polar surface area (TPSA) is 70.1 Å². The minimum atomic E-state index is 0.0268. The van der Waals surface area contributed by atoms with Gasteiger partial charge in [-0.05, 0) is 49.2 Å². The lowest BCUT2D eigenvalue weighted by atomic mass is 10.2. The van der Waals surface area contributed by atoms with Crippen LogP contribution in [0.5, 0.6) is 17.2 Å². The minimum absolute atomic E-state index is 0.0268. The van der Waals surface area contributed by atoms with Crippen molar-refractivity contribution in [1.29, 1.82) is 0 Å². The molecule has 7 nitrogen and oxygen atoms in total. The van der Waals surface area contributed by atoms with E-state index in [9.17, 15) is 4.79 Å². The van der Waals surface area contributed by atoms with Crippen molar-refractivity contribution >= 4 is 44.4 Å². The molecule has 1 aromatic heterocycles. The van der Waals surface area contributed by atoms with Crippen molar-refractivity contribution in [1.82, 2.24) is 4.98 Å². The summed E-state index contributed by atoms with van der Waals surface area (Å²) in [6, 6.07) is 11.6. The minimum Gasteiger partial charge on any atom is -0.497 e.